The molecule has 1 fully saturated rings. The molecule has 3 heterocycles. The number of fused-ring (bicyclic) bond motifs is 3. The number of hydrogen-bond acceptors (Lipinski definition) is 6. The smallest absolute Gasteiger partial charge is 0.152 e. The minimum absolute atomic E-state index is 0.558. The van der Waals surface area contributed by atoms with Crippen LogP contribution in [0.25, 0.3) is 10.9 Å². The Kier molecular flexibility index (Phi) is 7.00. The van der Waals surface area contributed by atoms with Crippen molar-refractivity contribution in [2.24, 2.45) is 0 Å². The van der Waals surface area contributed by atoms with Crippen LogP contribution in [0.2, 0.25) is 0 Å². The molecular formula is C30H31BrN4O2. The van der Waals surface area contributed by atoms with Crippen molar-refractivity contribution in [3.05, 3.63) is 94.1 Å². The fourth-order valence-electron chi connectivity index (χ4n) is 5.35. The Morgan fingerprint density at radius 2 is 1.70 bits per heavy atom. The highest BCUT2D eigenvalue weighted by Crippen LogP contribution is 2.36. The molecule has 3 aromatic carbocycles. The number of methoxy groups -OCH3 is 1. The second-order valence-electron chi connectivity index (χ2n) is 9.77. The number of nitrogens with zero attached hydrogens (tertiary/aromatic N) is 4. The van der Waals surface area contributed by atoms with Crippen molar-refractivity contribution in [3.63, 3.8) is 0 Å². The number of ether oxygens (including phenoxy) is 2. The van der Waals surface area contributed by atoms with E-state index in [2.05, 4.69) is 79.2 Å². The van der Waals surface area contributed by atoms with E-state index in [9.17, 15) is 0 Å². The standard InChI is InChI=1S/C30H31BrN4O2/c1-36-27-10-4-22(5-11-27)18-34-20-24-17-23(28-3-2-12-32-29(28)30(24)37-21-34)19-33-13-15-35(16-14-33)26-8-6-25(31)7-9-26/h2-12,17H,13-16,18-21H2,1H3. The number of benzene rings is 3. The maximum absolute atomic E-state index is 6.30. The second kappa shape index (κ2) is 10.7. The van der Waals surface area contributed by atoms with E-state index in [1.165, 1.54) is 27.8 Å². The summed E-state index contributed by atoms with van der Waals surface area (Å²) in [5.41, 5.74) is 6.06. The quantitative estimate of drug-likeness (QED) is 0.303. The molecule has 6 rings (SSSR count). The van der Waals surface area contributed by atoms with Crippen LogP contribution in [0.4, 0.5) is 5.69 Å². The first-order valence-electron chi connectivity index (χ1n) is 12.8. The zero-order valence-corrected chi connectivity index (χ0v) is 22.7. The molecule has 0 aliphatic carbocycles. The molecule has 0 atom stereocenters. The molecule has 0 amide bonds. The van der Waals surface area contributed by atoms with Crippen molar-refractivity contribution >= 4 is 32.5 Å². The van der Waals surface area contributed by atoms with Gasteiger partial charge >= 0.3 is 0 Å². The van der Waals surface area contributed by atoms with Gasteiger partial charge < -0.3 is 14.4 Å². The van der Waals surface area contributed by atoms with Crippen LogP contribution < -0.4 is 14.4 Å². The first-order valence-corrected chi connectivity index (χ1v) is 13.6. The van der Waals surface area contributed by atoms with Gasteiger partial charge in [0.05, 0.1) is 7.11 Å². The lowest BCUT2D eigenvalue weighted by molar-refractivity contribution is 0.0900. The van der Waals surface area contributed by atoms with E-state index in [0.717, 1.165) is 67.3 Å². The molecule has 0 bridgehead atoms. The van der Waals surface area contributed by atoms with Crippen LogP contribution in [0.1, 0.15) is 16.7 Å². The number of halogens is 1. The first kappa shape index (κ1) is 24.2. The molecule has 1 saturated heterocycles. The zero-order valence-electron chi connectivity index (χ0n) is 21.1. The van der Waals surface area contributed by atoms with E-state index in [1.807, 2.05) is 24.4 Å². The van der Waals surface area contributed by atoms with Crippen molar-refractivity contribution in [2.45, 2.75) is 19.6 Å². The topological polar surface area (TPSA) is 41.1 Å². The van der Waals surface area contributed by atoms with Crippen LogP contribution in [0.15, 0.2) is 77.4 Å². The largest absolute Gasteiger partial charge is 0.497 e. The molecular weight excluding hydrogens is 528 g/mol. The van der Waals surface area contributed by atoms with Crippen LogP contribution in [0.3, 0.4) is 0 Å². The van der Waals surface area contributed by atoms with Gasteiger partial charge in [-0.25, -0.2) is 0 Å². The van der Waals surface area contributed by atoms with E-state index in [1.54, 1.807) is 7.11 Å². The van der Waals surface area contributed by atoms with Gasteiger partial charge in [0.1, 0.15) is 18.0 Å². The van der Waals surface area contributed by atoms with Crippen LogP contribution >= 0.6 is 15.9 Å². The fourth-order valence-corrected chi connectivity index (χ4v) is 5.61. The SMILES string of the molecule is COc1ccc(CN2COc3c(cc(CN4CCN(c5ccc(Br)cc5)CC4)c4cccnc34)C2)cc1. The van der Waals surface area contributed by atoms with Crippen molar-refractivity contribution in [2.75, 3.05) is 44.9 Å². The summed E-state index contributed by atoms with van der Waals surface area (Å²) < 4.78 is 12.7. The minimum atomic E-state index is 0.558. The summed E-state index contributed by atoms with van der Waals surface area (Å²) in [6.45, 7) is 7.28. The lowest BCUT2D eigenvalue weighted by Gasteiger charge is -2.36. The van der Waals surface area contributed by atoms with E-state index in [0.29, 0.717) is 6.73 Å². The Morgan fingerprint density at radius 3 is 2.46 bits per heavy atom. The molecule has 0 saturated carbocycles. The highest BCUT2D eigenvalue weighted by molar-refractivity contribution is 9.10. The number of piperazine rings is 1. The van der Waals surface area contributed by atoms with Crippen molar-refractivity contribution in [3.8, 4) is 11.5 Å². The highest BCUT2D eigenvalue weighted by Gasteiger charge is 2.24. The molecule has 4 aromatic rings. The van der Waals surface area contributed by atoms with Gasteiger partial charge in [0.15, 0.2) is 5.75 Å². The third-order valence-corrected chi connectivity index (χ3v) is 7.85. The number of anilines is 1. The van der Waals surface area contributed by atoms with E-state index < -0.39 is 0 Å². The summed E-state index contributed by atoms with van der Waals surface area (Å²) in [6, 6.07) is 23.5. The Labute approximate surface area is 226 Å². The molecule has 0 spiro atoms. The number of rotatable bonds is 6. The lowest BCUT2D eigenvalue weighted by atomic mass is 10.0. The Balaban J connectivity index is 1.18. The van der Waals surface area contributed by atoms with Gasteiger partial charge in [-0.2, -0.15) is 0 Å². The third kappa shape index (κ3) is 5.30. The van der Waals surface area contributed by atoms with Crippen molar-refractivity contribution in [1.82, 2.24) is 14.8 Å². The summed E-state index contributed by atoms with van der Waals surface area (Å²) >= 11 is 3.54. The average molecular weight is 560 g/mol. The van der Waals surface area contributed by atoms with Gasteiger partial charge in [-0.05, 0) is 59.7 Å². The Bertz CT molecular complexity index is 1370. The Hall–Kier alpha value is -3.13. The molecule has 2 aliphatic rings. The number of hydrogen-bond donors (Lipinski definition) is 0. The van der Waals surface area contributed by atoms with Gasteiger partial charge in [-0.1, -0.05) is 34.1 Å². The predicted octanol–water partition coefficient (Wildman–Crippen LogP) is 5.68. The van der Waals surface area contributed by atoms with Gasteiger partial charge in [-0.3, -0.25) is 14.8 Å². The molecule has 2 aliphatic heterocycles. The number of aromatic nitrogens is 1. The summed E-state index contributed by atoms with van der Waals surface area (Å²) in [5, 5.41) is 1.19. The van der Waals surface area contributed by atoms with E-state index in [4.69, 9.17) is 14.5 Å². The summed E-state index contributed by atoms with van der Waals surface area (Å²) in [5.74, 6) is 1.81. The zero-order chi connectivity index (χ0) is 25.2. The van der Waals surface area contributed by atoms with Gasteiger partial charge in [0, 0.05) is 73.1 Å². The predicted molar refractivity (Wildman–Crippen MR) is 151 cm³/mol. The maximum atomic E-state index is 6.30. The van der Waals surface area contributed by atoms with Gasteiger partial charge in [-0.15, -0.1) is 0 Å². The Morgan fingerprint density at radius 1 is 0.919 bits per heavy atom. The molecule has 0 unspecified atom stereocenters. The molecule has 190 valence electrons. The molecule has 0 N–H and O–H groups in total. The van der Waals surface area contributed by atoms with Crippen molar-refractivity contribution in [1.29, 1.82) is 0 Å². The van der Waals surface area contributed by atoms with Gasteiger partial charge in [0.2, 0.25) is 0 Å². The van der Waals surface area contributed by atoms with Crippen LogP contribution in [0, 0.1) is 0 Å². The molecule has 37 heavy (non-hydrogen) atoms. The van der Waals surface area contributed by atoms with Gasteiger partial charge in [0.25, 0.3) is 0 Å². The molecule has 7 heteroatoms. The van der Waals surface area contributed by atoms with E-state index in [-0.39, 0.29) is 0 Å². The van der Waals surface area contributed by atoms with Crippen LogP contribution in [0.5, 0.6) is 11.5 Å². The summed E-state index contributed by atoms with van der Waals surface area (Å²) in [6.07, 6.45) is 1.87. The minimum Gasteiger partial charge on any atom is -0.497 e. The first-order chi connectivity index (χ1) is 18.2. The molecule has 6 nitrogen and oxygen atoms in total. The lowest BCUT2D eigenvalue weighted by Crippen LogP contribution is -2.46. The monoisotopic (exact) mass is 558 g/mol. The van der Waals surface area contributed by atoms with Crippen molar-refractivity contribution < 1.29 is 9.47 Å². The second-order valence-corrected chi connectivity index (χ2v) is 10.7. The normalized spacial score (nSPS) is 16.4. The molecule has 1 aromatic heterocycles. The third-order valence-electron chi connectivity index (χ3n) is 7.32. The molecule has 0 radical (unpaired) electrons. The summed E-state index contributed by atoms with van der Waals surface area (Å²) in [7, 11) is 1.70. The summed E-state index contributed by atoms with van der Waals surface area (Å²) in [4.78, 5) is 12.1. The van der Waals surface area contributed by atoms with E-state index >= 15 is 0 Å². The average Bonchev–Trinajstić information content (AvgIpc) is 2.94. The number of pyridine rings is 1. The van der Waals surface area contributed by atoms with Crippen LogP contribution in [-0.2, 0) is 19.6 Å². The maximum Gasteiger partial charge on any atom is 0.152 e. The highest BCUT2D eigenvalue weighted by atomic mass is 79.9. The fraction of sp³-hybridized carbons (Fsp3) is 0.300. The van der Waals surface area contributed by atoms with Crippen LogP contribution in [-0.4, -0.2) is 54.8 Å².